The van der Waals surface area contributed by atoms with Gasteiger partial charge in [-0.05, 0) is 31.4 Å². The average molecular weight is 246 g/mol. The minimum absolute atomic E-state index is 0.0573. The molecule has 1 aromatic rings. The average Bonchev–Trinajstić information content (AvgIpc) is 2.48. The van der Waals surface area contributed by atoms with Gasteiger partial charge in [0, 0.05) is 22.4 Å². The zero-order valence-electron chi connectivity index (χ0n) is 16.6. The van der Waals surface area contributed by atoms with Crippen LogP contribution in [0.4, 0.5) is 0 Å². The van der Waals surface area contributed by atoms with Gasteiger partial charge >= 0.3 is 0 Å². The second-order valence-corrected chi connectivity index (χ2v) is 3.72. The molecule has 0 radical (unpaired) electrons. The molecule has 1 aliphatic rings. The van der Waals surface area contributed by atoms with Crippen molar-refractivity contribution < 1.29 is 15.8 Å². The van der Waals surface area contributed by atoms with Gasteiger partial charge in [-0.3, -0.25) is 4.79 Å². The van der Waals surface area contributed by atoms with E-state index in [2.05, 4.69) is 5.32 Å². The third kappa shape index (κ3) is 1.76. The van der Waals surface area contributed by atoms with Gasteiger partial charge in [0.25, 0.3) is 0 Å². The summed E-state index contributed by atoms with van der Waals surface area (Å²) in [7, 11) is 1.19. The lowest BCUT2D eigenvalue weighted by atomic mass is 9.75. The van der Waals surface area contributed by atoms with Crippen molar-refractivity contribution >= 4 is 17.4 Å². The number of hydrogen-bond donors (Lipinski definition) is 1. The monoisotopic (exact) mass is 245 g/mol. The Bertz CT molecular complexity index is 692. The lowest BCUT2D eigenvalue weighted by Crippen LogP contribution is -2.49. The molecule has 1 saturated carbocycles. The number of rotatable bonds is 2. The van der Waals surface area contributed by atoms with Crippen molar-refractivity contribution in [1.29, 1.82) is 0 Å². The van der Waals surface area contributed by atoms with Crippen molar-refractivity contribution in [2.45, 2.75) is 31.0 Å². The summed E-state index contributed by atoms with van der Waals surface area (Å²) in [5, 5.41) is 2.35. The Labute approximate surface area is 112 Å². The quantitative estimate of drug-likeness (QED) is 0.868. The highest BCUT2D eigenvalue weighted by molar-refractivity contribution is 6.31. The normalized spacial score (nSPS) is 45.8. The van der Waals surface area contributed by atoms with Gasteiger partial charge in [0.1, 0.15) is 5.54 Å². The molecule has 3 heteroatoms. The van der Waals surface area contributed by atoms with E-state index in [1.165, 1.54) is 31.3 Å². The molecule has 0 spiro atoms. The second-order valence-electron chi connectivity index (χ2n) is 3.31. The lowest BCUT2D eigenvalue weighted by Gasteiger charge is -2.36. The van der Waals surface area contributed by atoms with Gasteiger partial charge in [-0.25, -0.2) is 0 Å². The van der Waals surface area contributed by atoms with E-state index in [-0.39, 0.29) is 10.6 Å². The van der Waals surface area contributed by atoms with Crippen LogP contribution >= 0.6 is 11.6 Å². The number of benzene rings is 1. The first-order valence-electron chi connectivity index (χ1n) is 8.72. The summed E-state index contributed by atoms with van der Waals surface area (Å²) in [6.45, 7) is 0. The van der Waals surface area contributed by atoms with Crippen LogP contribution in [0.25, 0.3) is 0 Å². The molecule has 86 valence electrons. The van der Waals surface area contributed by atoms with Gasteiger partial charge in [0.2, 0.25) is 0 Å². The minimum Gasteiger partial charge on any atom is -0.304 e. The largest absolute Gasteiger partial charge is 0.304 e. The van der Waals surface area contributed by atoms with E-state index in [0.717, 1.165) is 0 Å². The van der Waals surface area contributed by atoms with E-state index in [0.29, 0.717) is 0 Å². The maximum Gasteiger partial charge on any atom is 0.157 e. The molecule has 0 bridgehead atoms. The van der Waals surface area contributed by atoms with Crippen LogP contribution in [-0.2, 0) is 10.3 Å². The first-order valence-corrected chi connectivity index (χ1v) is 5.10. The van der Waals surface area contributed by atoms with Gasteiger partial charge < -0.3 is 5.32 Å². The third-order valence-corrected chi connectivity index (χ3v) is 2.81. The Morgan fingerprint density at radius 2 is 2.19 bits per heavy atom. The first-order chi connectivity index (χ1) is 10.7. The number of Topliss-reactive ketones (excluding diaryl/α,β-unsaturated/α-hetero) is 1. The zero-order valence-corrected chi connectivity index (χ0v) is 9.35. The highest BCUT2D eigenvalue weighted by atomic mass is 35.5. The predicted octanol–water partition coefficient (Wildman–Crippen LogP) is 2.90. The van der Waals surface area contributed by atoms with E-state index in [9.17, 15) is 4.79 Å². The SMILES string of the molecule is [2H]C1([2H])C(=O)C(NC)(c2ccccc2Cl)C([2H])([2H])C([2H])([2H])C1([2H])[2H]. The van der Waals surface area contributed by atoms with Crippen molar-refractivity contribution in [2.24, 2.45) is 0 Å². The molecule has 2 nitrogen and oxygen atoms in total. The number of hydrogen-bond acceptors (Lipinski definition) is 2. The van der Waals surface area contributed by atoms with Gasteiger partial charge in [-0.2, -0.15) is 0 Å². The molecule has 0 aromatic heterocycles. The summed E-state index contributed by atoms with van der Waals surface area (Å²) in [5.74, 6) is -1.45. The number of nitrogens with one attached hydrogen (secondary N) is 1. The third-order valence-electron chi connectivity index (χ3n) is 2.48. The molecule has 1 aliphatic carbocycles. The molecule has 2 rings (SSSR count). The number of carbonyl (C=O) groups excluding carboxylic acids is 1. The van der Waals surface area contributed by atoms with Gasteiger partial charge in [0.05, 0.1) is 0 Å². The number of likely N-dealkylation sites (N-methyl/N-ethyl adjacent to an activating group) is 1. The van der Waals surface area contributed by atoms with Gasteiger partial charge in [-0.15, -0.1) is 0 Å². The summed E-state index contributed by atoms with van der Waals surface area (Å²) >= 11 is 6.08. The molecule has 1 fully saturated rings. The fourth-order valence-corrected chi connectivity index (χ4v) is 1.91. The maximum atomic E-state index is 12.9. The van der Waals surface area contributed by atoms with Gasteiger partial charge in [-0.1, -0.05) is 36.2 Å². The number of halogens is 1. The van der Waals surface area contributed by atoms with Crippen LogP contribution in [0.15, 0.2) is 24.3 Å². The van der Waals surface area contributed by atoms with Crippen molar-refractivity contribution in [2.75, 3.05) is 7.05 Å². The summed E-state index contributed by atoms with van der Waals surface area (Å²) in [5.41, 5.74) is -2.64. The standard InChI is InChI=1S/C13H16ClNO/c1-15-13(9-5-4-8-12(13)16)10-6-2-3-7-11(10)14/h2-3,6-7,15H,4-5,8-9H2,1H3/i4D2,5D2,8D2,9D2. The van der Waals surface area contributed by atoms with E-state index in [1.807, 2.05) is 0 Å². The number of ketones is 1. The van der Waals surface area contributed by atoms with Crippen LogP contribution in [0, 0.1) is 0 Å². The van der Waals surface area contributed by atoms with Crippen LogP contribution in [0.3, 0.4) is 0 Å². The van der Waals surface area contributed by atoms with Crippen molar-refractivity contribution in [3.05, 3.63) is 34.9 Å². The highest BCUT2D eigenvalue weighted by Gasteiger charge is 2.40. The predicted molar refractivity (Wildman–Crippen MR) is 65.7 cm³/mol. The Hall–Kier alpha value is -0.860. The molecule has 1 aromatic carbocycles. The van der Waals surface area contributed by atoms with E-state index in [4.69, 9.17) is 22.6 Å². The van der Waals surface area contributed by atoms with E-state index < -0.39 is 36.8 Å². The van der Waals surface area contributed by atoms with Crippen LogP contribution in [0.1, 0.15) is 42.0 Å². The minimum atomic E-state index is -3.39. The lowest BCUT2D eigenvalue weighted by molar-refractivity contribution is -0.127. The number of carbonyl (C=O) groups is 1. The van der Waals surface area contributed by atoms with Crippen LogP contribution in [0.2, 0.25) is 5.02 Å². The van der Waals surface area contributed by atoms with Crippen molar-refractivity contribution in [3.8, 4) is 0 Å². The van der Waals surface area contributed by atoms with E-state index >= 15 is 0 Å². The second kappa shape index (κ2) is 4.56. The molecule has 1 atom stereocenters. The molecule has 0 saturated heterocycles. The smallest absolute Gasteiger partial charge is 0.157 e. The zero-order chi connectivity index (χ0) is 18.8. The topological polar surface area (TPSA) is 29.1 Å². The molecule has 0 aliphatic heterocycles. The Balaban J connectivity index is 2.95. The van der Waals surface area contributed by atoms with Crippen LogP contribution in [-0.4, -0.2) is 12.8 Å². The van der Waals surface area contributed by atoms with Crippen LogP contribution in [0.5, 0.6) is 0 Å². The first kappa shape index (κ1) is 5.19. The molecule has 1 unspecified atom stereocenters. The summed E-state index contributed by atoms with van der Waals surface area (Å²) in [6.07, 6.45) is -13.1. The Morgan fingerprint density at radius 3 is 2.88 bits per heavy atom. The molecule has 1 N–H and O–H groups in total. The summed E-state index contributed by atoms with van der Waals surface area (Å²) < 4.78 is 63.9. The highest BCUT2D eigenvalue weighted by Crippen LogP contribution is 2.37. The van der Waals surface area contributed by atoms with Crippen molar-refractivity contribution in [1.82, 2.24) is 5.32 Å². The fourth-order valence-electron chi connectivity index (χ4n) is 1.63. The summed E-state index contributed by atoms with van der Waals surface area (Å²) in [6, 6.07) is 5.65. The molecular weight excluding hydrogens is 222 g/mol. The molecule has 0 heterocycles. The van der Waals surface area contributed by atoms with Crippen molar-refractivity contribution in [3.63, 3.8) is 0 Å². The van der Waals surface area contributed by atoms with E-state index in [1.54, 1.807) is 0 Å². The maximum absolute atomic E-state index is 12.9. The Kier molecular flexibility index (Phi) is 1.48. The molecule has 16 heavy (non-hydrogen) atoms. The van der Waals surface area contributed by atoms with Crippen LogP contribution < -0.4 is 5.32 Å². The fraction of sp³-hybridized carbons (Fsp3) is 0.462. The van der Waals surface area contributed by atoms with Gasteiger partial charge in [0.15, 0.2) is 5.78 Å². The molecular formula is C13H16ClNO. The summed E-state index contributed by atoms with van der Waals surface area (Å²) in [4.78, 5) is 12.9. The molecule has 0 amide bonds. The Morgan fingerprint density at radius 1 is 1.44 bits per heavy atom.